The molecule has 0 aliphatic heterocycles. The van der Waals surface area contributed by atoms with Crippen molar-refractivity contribution in [3.63, 3.8) is 0 Å². The molecule has 2 N–H and O–H groups in total. The lowest BCUT2D eigenvalue weighted by molar-refractivity contribution is 1.50. The van der Waals surface area contributed by atoms with Gasteiger partial charge >= 0.3 is 0 Å². The Morgan fingerprint density at radius 2 is 2.21 bits per heavy atom. The zero-order valence-electron chi connectivity index (χ0n) is 7.57. The van der Waals surface area contributed by atoms with Crippen molar-refractivity contribution in [1.29, 1.82) is 5.26 Å². The summed E-state index contributed by atoms with van der Waals surface area (Å²) in [5.41, 5.74) is 8.49. The zero-order valence-corrected chi connectivity index (χ0v) is 9.21. The van der Waals surface area contributed by atoms with Crippen LogP contribution in [-0.2, 0) is 0 Å². The molecular weight excluding hydrogens is 212 g/mol. The van der Waals surface area contributed by atoms with Crippen LogP contribution in [0.5, 0.6) is 0 Å². The Balaban J connectivity index is 2.64. The number of rotatable bonds is 1. The number of nitrogens with zero attached hydrogens (tertiary/aromatic N) is 1. The summed E-state index contributed by atoms with van der Waals surface area (Å²) in [6, 6.07) is 4.20. The number of nitriles is 1. The maximum atomic E-state index is 8.96. The molecule has 0 atom stereocenters. The molecule has 0 unspecified atom stereocenters. The molecule has 2 rings (SSSR count). The molecular formula is C10H8N2S2. The smallest absolute Gasteiger partial charge is 0.104 e. The van der Waals surface area contributed by atoms with E-state index in [0.29, 0.717) is 10.6 Å². The first-order valence-electron chi connectivity index (χ1n) is 4.05. The standard InChI is InChI=1S/C10H8N2S2/c1-6-2-3-13-9(6)8-5-14-10(12)7(8)4-11/h2-3,5H,12H2,1H3. The molecule has 0 fully saturated rings. The topological polar surface area (TPSA) is 49.8 Å². The van der Waals surface area contributed by atoms with E-state index >= 15 is 0 Å². The van der Waals surface area contributed by atoms with E-state index in [2.05, 4.69) is 12.1 Å². The van der Waals surface area contributed by atoms with Crippen LogP contribution in [0.4, 0.5) is 5.00 Å². The summed E-state index contributed by atoms with van der Waals surface area (Å²) in [5.74, 6) is 0. The average molecular weight is 220 g/mol. The van der Waals surface area contributed by atoms with E-state index in [9.17, 15) is 0 Å². The summed E-state index contributed by atoms with van der Waals surface area (Å²) >= 11 is 3.07. The van der Waals surface area contributed by atoms with Gasteiger partial charge in [0.15, 0.2) is 0 Å². The van der Waals surface area contributed by atoms with Crippen molar-refractivity contribution in [2.75, 3.05) is 5.73 Å². The number of hydrogen-bond acceptors (Lipinski definition) is 4. The van der Waals surface area contributed by atoms with E-state index < -0.39 is 0 Å². The Kier molecular flexibility index (Phi) is 2.28. The van der Waals surface area contributed by atoms with Crippen molar-refractivity contribution in [2.24, 2.45) is 0 Å². The maximum Gasteiger partial charge on any atom is 0.104 e. The Hall–Kier alpha value is -1.31. The third-order valence-electron chi connectivity index (χ3n) is 2.04. The number of thiophene rings is 2. The van der Waals surface area contributed by atoms with Crippen LogP contribution in [0, 0.1) is 18.3 Å². The summed E-state index contributed by atoms with van der Waals surface area (Å²) < 4.78 is 0. The SMILES string of the molecule is Cc1ccsc1-c1csc(N)c1C#N. The first-order chi connectivity index (χ1) is 6.74. The predicted octanol–water partition coefficient (Wildman–Crippen LogP) is 3.24. The van der Waals surface area contributed by atoms with Crippen LogP contribution in [0.15, 0.2) is 16.8 Å². The summed E-state index contributed by atoms with van der Waals surface area (Å²) in [5, 5.41) is 13.5. The van der Waals surface area contributed by atoms with Gasteiger partial charge in [0.25, 0.3) is 0 Å². The highest BCUT2D eigenvalue weighted by atomic mass is 32.1. The van der Waals surface area contributed by atoms with Gasteiger partial charge in [0.1, 0.15) is 11.1 Å². The van der Waals surface area contributed by atoms with Crippen LogP contribution in [0.2, 0.25) is 0 Å². The molecule has 0 spiro atoms. The molecule has 0 amide bonds. The first kappa shape index (κ1) is 9.25. The normalized spacial score (nSPS) is 10.0. The van der Waals surface area contributed by atoms with Gasteiger partial charge in [0.05, 0.1) is 5.56 Å². The lowest BCUT2D eigenvalue weighted by Crippen LogP contribution is -1.84. The molecule has 2 nitrogen and oxygen atoms in total. The van der Waals surface area contributed by atoms with Gasteiger partial charge in [0, 0.05) is 15.8 Å². The molecule has 0 bridgehead atoms. The molecule has 2 heterocycles. The minimum absolute atomic E-state index is 0.607. The number of aryl methyl sites for hydroxylation is 1. The second kappa shape index (κ2) is 3.45. The molecule has 2 aromatic rings. The van der Waals surface area contributed by atoms with E-state index in [-0.39, 0.29) is 0 Å². The van der Waals surface area contributed by atoms with Gasteiger partial charge in [-0.3, -0.25) is 0 Å². The fourth-order valence-electron chi connectivity index (χ4n) is 1.30. The largest absolute Gasteiger partial charge is 0.389 e. The van der Waals surface area contributed by atoms with E-state index in [0.717, 1.165) is 10.4 Å². The van der Waals surface area contributed by atoms with Crippen LogP contribution < -0.4 is 5.73 Å². The molecule has 0 saturated heterocycles. The van der Waals surface area contributed by atoms with Crippen LogP contribution in [0.25, 0.3) is 10.4 Å². The van der Waals surface area contributed by atoms with Gasteiger partial charge < -0.3 is 5.73 Å². The summed E-state index contributed by atoms with van der Waals surface area (Å²) in [7, 11) is 0. The van der Waals surface area contributed by atoms with Crippen molar-refractivity contribution in [2.45, 2.75) is 6.92 Å². The molecule has 14 heavy (non-hydrogen) atoms. The van der Waals surface area contributed by atoms with Gasteiger partial charge in [-0.25, -0.2) is 0 Å². The molecule has 4 heteroatoms. The Morgan fingerprint density at radius 3 is 2.79 bits per heavy atom. The highest BCUT2D eigenvalue weighted by Crippen LogP contribution is 2.37. The minimum atomic E-state index is 0.607. The maximum absolute atomic E-state index is 8.96. The summed E-state index contributed by atoms with van der Waals surface area (Å²) in [4.78, 5) is 1.15. The quantitative estimate of drug-likeness (QED) is 0.802. The lowest BCUT2D eigenvalue weighted by atomic mass is 10.1. The Morgan fingerprint density at radius 1 is 1.43 bits per heavy atom. The fraction of sp³-hybridized carbons (Fsp3) is 0.100. The fourth-order valence-corrected chi connectivity index (χ4v) is 3.08. The van der Waals surface area contributed by atoms with Crippen LogP contribution >= 0.6 is 22.7 Å². The molecule has 0 aliphatic rings. The van der Waals surface area contributed by atoms with Gasteiger partial charge in [-0.1, -0.05) is 0 Å². The van der Waals surface area contributed by atoms with Crippen LogP contribution in [0.3, 0.4) is 0 Å². The van der Waals surface area contributed by atoms with Crippen molar-refractivity contribution < 1.29 is 0 Å². The monoisotopic (exact) mass is 220 g/mol. The number of nitrogen functional groups attached to an aromatic ring is 1. The van der Waals surface area contributed by atoms with Crippen molar-refractivity contribution in [3.05, 3.63) is 28.0 Å². The summed E-state index contributed by atoms with van der Waals surface area (Å²) in [6.45, 7) is 2.04. The van der Waals surface area contributed by atoms with Gasteiger partial charge in [-0.05, 0) is 23.9 Å². The van der Waals surface area contributed by atoms with Gasteiger partial charge in [-0.2, -0.15) is 5.26 Å². The molecule has 70 valence electrons. The van der Waals surface area contributed by atoms with E-state index in [1.54, 1.807) is 11.3 Å². The predicted molar refractivity (Wildman–Crippen MR) is 61.5 cm³/mol. The highest BCUT2D eigenvalue weighted by Gasteiger charge is 2.13. The van der Waals surface area contributed by atoms with Crippen LogP contribution in [-0.4, -0.2) is 0 Å². The first-order valence-corrected chi connectivity index (χ1v) is 5.81. The number of nitrogens with two attached hydrogens (primary N) is 1. The average Bonchev–Trinajstić information content (AvgIpc) is 2.71. The number of anilines is 1. The van der Waals surface area contributed by atoms with Crippen LogP contribution in [0.1, 0.15) is 11.1 Å². The van der Waals surface area contributed by atoms with Gasteiger partial charge in [-0.15, -0.1) is 22.7 Å². The molecule has 0 saturated carbocycles. The second-order valence-electron chi connectivity index (χ2n) is 2.93. The molecule has 0 radical (unpaired) electrons. The van der Waals surface area contributed by atoms with Crippen molar-refractivity contribution in [3.8, 4) is 16.5 Å². The lowest BCUT2D eigenvalue weighted by Gasteiger charge is -1.96. The number of hydrogen-bond donors (Lipinski definition) is 1. The third kappa shape index (κ3) is 1.31. The van der Waals surface area contributed by atoms with Crippen molar-refractivity contribution in [1.82, 2.24) is 0 Å². The highest BCUT2D eigenvalue weighted by molar-refractivity contribution is 7.16. The molecule has 2 aromatic heterocycles. The second-order valence-corrected chi connectivity index (χ2v) is 4.76. The molecule has 0 aliphatic carbocycles. The summed E-state index contributed by atoms with van der Waals surface area (Å²) in [6.07, 6.45) is 0. The minimum Gasteiger partial charge on any atom is -0.389 e. The van der Waals surface area contributed by atoms with E-state index in [1.165, 1.54) is 16.9 Å². The Bertz CT molecular complexity index is 502. The van der Waals surface area contributed by atoms with E-state index in [1.807, 2.05) is 17.7 Å². The molecule has 0 aromatic carbocycles. The van der Waals surface area contributed by atoms with Gasteiger partial charge in [0.2, 0.25) is 0 Å². The third-order valence-corrected chi connectivity index (χ3v) is 3.90. The zero-order chi connectivity index (χ0) is 10.1. The Labute approximate surface area is 90.2 Å². The van der Waals surface area contributed by atoms with Crippen molar-refractivity contribution >= 4 is 27.7 Å². The van der Waals surface area contributed by atoms with E-state index in [4.69, 9.17) is 11.0 Å².